The lowest BCUT2D eigenvalue weighted by molar-refractivity contribution is 0.101. The molecule has 0 aliphatic rings. The van der Waals surface area contributed by atoms with Gasteiger partial charge in [-0.25, -0.2) is 8.78 Å². The molecule has 108 valence electrons. The first-order chi connectivity index (χ1) is 9.90. The fourth-order valence-electron chi connectivity index (χ4n) is 1.75. The molecule has 0 aromatic heterocycles. The van der Waals surface area contributed by atoms with Gasteiger partial charge in [-0.2, -0.15) is 0 Å². The van der Waals surface area contributed by atoms with Crippen molar-refractivity contribution in [3.05, 3.63) is 63.6 Å². The van der Waals surface area contributed by atoms with Crippen LogP contribution in [0.1, 0.15) is 15.9 Å². The summed E-state index contributed by atoms with van der Waals surface area (Å²) in [7, 11) is 0. The zero-order valence-corrected chi connectivity index (χ0v) is 12.9. The van der Waals surface area contributed by atoms with Gasteiger partial charge < -0.3 is 11.1 Å². The van der Waals surface area contributed by atoms with Gasteiger partial charge in [0.25, 0.3) is 5.91 Å². The van der Waals surface area contributed by atoms with Crippen LogP contribution in [0, 0.1) is 11.6 Å². The average Bonchev–Trinajstić information content (AvgIpc) is 2.37. The third kappa shape index (κ3) is 3.43. The molecule has 3 nitrogen and oxygen atoms in total. The van der Waals surface area contributed by atoms with Crippen LogP contribution in [0.5, 0.6) is 0 Å². The van der Waals surface area contributed by atoms with Crippen molar-refractivity contribution in [3.8, 4) is 0 Å². The van der Waals surface area contributed by atoms with Crippen molar-refractivity contribution in [2.24, 2.45) is 5.73 Å². The molecule has 0 aliphatic heterocycles. The van der Waals surface area contributed by atoms with Crippen LogP contribution >= 0.6 is 28.1 Å². The van der Waals surface area contributed by atoms with Gasteiger partial charge in [-0.05, 0) is 24.3 Å². The van der Waals surface area contributed by atoms with E-state index in [9.17, 15) is 13.6 Å². The number of halogens is 3. The minimum Gasteiger partial charge on any atom is -0.389 e. The molecule has 0 bridgehead atoms. The van der Waals surface area contributed by atoms with Crippen molar-refractivity contribution in [1.82, 2.24) is 0 Å². The minimum atomic E-state index is -0.966. The number of para-hydroxylation sites is 1. The Kier molecular flexibility index (Phi) is 4.64. The predicted octanol–water partition coefficient (Wildman–Crippen LogP) is 3.61. The molecule has 2 aromatic rings. The number of hydrogen-bond acceptors (Lipinski definition) is 2. The highest BCUT2D eigenvalue weighted by Crippen LogP contribution is 2.22. The molecule has 0 aliphatic carbocycles. The van der Waals surface area contributed by atoms with Gasteiger partial charge in [0.15, 0.2) is 0 Å². The molecule has 0 unspecified atom stereocenters. The largest absolute Gasteiger partial charge is 0.389 e. The number of anilines is 1. The Morgan fingerprint density at radius 1 is 1.19 bits per heavy atom. The van der Waals surface area contributed by atoms with Gasteiger partial charge in [-0.15, -0.1) is 0 Å². The van der Waals surface area contributed by atoms with E-state index in [1.807, 2.05) is 0 Å². The summed E-state index contributed by atoms with van der Waals surface area (Å²) in [6.45, 7) is 0. The number of hydrogen-bond donors (Lipinski definition) is 2. The molecule has 0 spiro atoms. The van der Waals surface area contributed by atoms with Crippen molar-refractivity contribution >= 4 is 44.7 Å². The molecule has 0 fully saturated rings. The monoisotopic (exact) mass is 370 g/mol. The van der Waals surface area contributed by atoms with Gasteiger partial charge >= 0.3 is 0 Å². The number of amides is 1. The Balaban J connectivity index is 2.38. The van der Waals surface area contributed by atoms with E-state index in [1.165, 1.54) is 0 Å². The standard InChI is InChI=1S/C14H9BrF2N2OS/c15-7-5-9(16)12(10(17)6-7)14(20)19-11-4-2-1-3-8(11)13(18)21/h1-6H,(H2,18,21)(H,19,20). The fraction of sp³-hybridized carbons (Fsp3) is 0. The van der Waals surface area contributed by atoms with Crippen LogP contribution in [0.2, 0.25) is 0 Å². The smallest absolute Gasteiger partial charge is 0.261 e. The van der Waals surface area contributed by atoms with Crippen molar-refractivity contribution in [1.29, 1.82) is 0 Å². The van der Waals surface area contributed by atoms with E-state index in [1.54, 1.807) is 24.3 Å². The summed E-state index contributed by atoms with van der Waals surface area (Å²) in [4.78, 5) is 12.1. The number of thiocarbonyl (C=S) groups is 1. The van der Waals surface area contributed by atoms with Crippen LogP contribution in [-0.4, -0.2) is 10.9 Å². The maximum absolute atomic E-state index is 13.7. The number of rotatable bonds is 3. The van der Waals surface area contributed by atoms with Crippen LogP contribution < -0.4 is 11.1 Å². The summed E-state index contributed by atoms with van der Waals surface area (Å²) in [5.74, 6) is -2.85. The predicted molar refractivity (Wildman–Crippen MR) is 84.3 cm³/mol. The van der Waals surface area contributed by atoms with E-state index in [4.69, 9.17) is 18.0 Å². The molecule has 0 saturated carbocycles. The van der Waals surface area contributed by atoms with Crippen LogP contribution in [0.4, 0.5) is 14.5 Å². The Morgan fingerprint density at radius 3 is 2.33 bits per heavy atom. The molecular formula is C14H9BrF2N2OS. The summed E-state index contributed by atoms with van der Waals surface area (Å²) in [6.07, 6.45) is 0. The molecule has 7 heteroatoms. The molecule has 0 saturated heterocycles. The highest BCUT2D eigenvalue weighted by molar-refractivity contribution is 9.10. The van der Waals surface area contributed by atoms with E-state index in [0.29, 0.717) is 5.56 Å². The van der Waals surface area contributed by atoms with E-state index in [0.717, 1.165) is 12.1 Å². The lowest BCUT2D eigenvalue weighted by atomic mass is 10.1. The maximum atomic E-state index is 13.7. The summed E-state index contributed by atoms with van der Waals surface area (Å²) >= 11 is 7.81. The fourth-order valence-corrected chi connectivity index (χ4v) is 2.33. The van der Waals surface area contributed by atoms with Gasteiger partial charge in [0.05, 0.1) is 5.69 Å². The van der Waals surface area contributed by atoms with Crippen LogP contribution in [0.3, 0.4) is 0 Å². The second-order valence-electron chi connectivity index (χ2n) is 4.11. The van der Waals surface area contributed by atoms with Crippen molar-refractivity contribution in [3.63, 3.8) is 0 Å². The molecule has 1 amide bonds. The van der Waals surface area contributed by atoms with Gasteiger partial charge in [-0.3, -0.25) is 4.79 Å². The van der Waals surface area contributed by atoms with E-state index in [2.05, 4.69) is 21.2 Å². The average molecular weight is 371 g/mol. The van der Waals surface area contributed by atoms with Crippen molar-refractivity contribution < 1.29 is 13.6 Å². The number of carbonyl (C=O) groups is 1. The minimum absolute atomic E-state index is 0.0719. The molecule has 2 aromatic carbocycles. The quantitative estimate of drug-likeness (QED) is 0.811. The molecule has 0 atom stereocenters. The van der Waals surface area contributed by atoms with Crippen LogP contribution in [-0.2, 0) is 0 Å². The number of benzene rings is 2. The second-order valence-corrected chi connectivity index (χ2v) is 5.46. The highest BCUT2D eigenvalue weighted by Gasteiger charge is 2.19. The van der Waals surface area contributed by atoms with Gasteiger partial charge in [0.2, 0.25) is 0 Å². The lowest BCUT2D eigenvalue weighted by Crippen LogP contribution is -2.19. The van der Waals surface area contributed by atoms with E-state index in [-0.39, 0.29) is 15.1 Å². The Labute approximate surface area is 133 Å². The van der Waals surface area contributed by atoms with Gasteiger partial charge in [-0.1, -0.05) is 40.3 Å². The zero-order chi connectivity index (χ0) is 15.6. The van der Waals surface area contributed by atoms with E-state index < -0.39 is 23.1 Å². The Hall–Kier alpha value is -1.86. The van der Waals surface area contributed by atoms with Crippen molar-refractivity contribution in [2.75, 3.05) is 5.32 Å². The van der Waals surface area contributed by atoms with Crippen LogP contribution in [0.25, 0.3) is 0 Å². The zero-order valence-electron chi connectivity index (χ0n) is 10.5. The lowest BCUT2D eigenvalue weighted by Gasteiger charge is -2.11. The third-order valence-corrected chi connectivity index (χ3v) is 3.35. The first-order valence-electron chi connectivity index (χ1n) is 5.75. The summed E-state index contributed by atoms with van der Waals surface area (Å²) in [6, 6.07) is 8.50. The highest BCUT2D eigenvalue weighted by atomic mass is 79.9. The first-order valence-corrected chi connectivity index (χ1v) is 6.95. The number of nitrogens with two attached hydrogens (primary N) is 1. The Morgan fingerprint density at radius 2 is 1.76 bits per heavy atom. The third-order valence-electron chi connectivity index (χ3n) is 2.67. The Bertz CT molecular complexity index is 714. The normalized spacial score (nSPS) is 10.2. The molecule has 2 rings (SSSR count). The van der Waals surface area contributed by atoms with Crippen LogP contribution in [0.15, 0.2) is 40.9 Å². The van der Waals surface area contributed by atoms with Gasteiger partial charge in [0, 0.05) is 10.0 Å². The topological polar surface area (TPSA) is 55.1 Å². The molecular weight excluding hydrogens is 362 g/mol. The molecule has 0 heterocycles. The number of carbonyl (C=O) groups excluding carboxylic acids is 1. The summed E-state index contributed by atoms with van der Waals surface area (Å²) < 4.78 is 27.7. The second kappa shape index (κ2) is 6.28. The van der Waals surface area contributed by atoms with Crippen molar-refractivity contribution in [2.45, 2.75) is 0 Å². The SMILES string of the molecule is NC(=S)c1ccccc1NC(=O)c1c(F)cc(Br)cc1F. The molecule has 21 heavy (non-hydrogen) atoms. The molecule has 3 N–H and O–H groups in total. The summed E-state index contributed by atoms with van der Waals surface area (Å²) in [5, 5.41) is 2.41. The van der Waals surface area contributed by atoms with E-state index >= 15 is 0 Å². The number of nitrogens with one attached hydrogen (secondary N) is 1. The van der Waals surface area contributed by atoms with Gasteiger partial charge in [0.1, 0.15) is 22.2 Å². The maximum Gasteiger partial charge on any atom is 0.261 e. The first kappa shape index (κ1) is 15.5. The summed E-state index contributed by atoms with van der Waals surface area (Å²) in [5.41, 5.74) is 5.57. The molecule has 0 radical (unpaired) electrons.